The smallest absolute Gasteiger partial charge is 0.409 e. The summed E-state index contributed by atoms with van der Waals surface area (Å²) in [6, 6.07) is 19.7. The van der Waals surface area contributed by atoms with Gasteiger partial charge in [-0.25, -0.2) is 9.18 Å². The van der Waals surface area contributed by atoms with Gasteiger partial charge in [0.15, 0.2) is 0 Å². The predicted molar refractivity (Wildman–Crippen MR) is 176 cm³/mol. The average molecular weight is 635 g/mol. The topological polar surface area (TPSA) is 134 Å². The number of hydrogen-bond donors (Lipinski definition) is 4. The summed E-state index contributed by atoms with van der Waals surface area (Å²) in [5.41, 5.74) is 8.86. The maximum Gasteiger partial charge on any atom is 0.409 e. The van der Waals surface area contributed by atoms with Gasteiger partial charge in [-0.05, 0) is 65.6 Å². The molecule has 0 aliphatic carbocycles. The molecule has 0 fully saturated rings. The Morgan fingerprint density at radius 2 is 1.63 bits per heavy atom. The molecule has 46 heavy (non-hydrogen) atoms. The van der Waals surface area contributed by atoms with Crippen LogP contribution in [0.3, 0.4) is 0 Å². The van der Waals surface area contributed by atoms with Crippen molar-refractivity contribution in [2.45, 2.75) is 77.6 Å². The number of hydrogen-bond acceptors (Lipinski definition) is 6. The van der Waals surface area contributed by atoms with Crippen LogP contribution in [0.1, 0.15) is 69.2 Å². The Labute approximate surface area is 271 Å². The predicted octanol–water partition coefficient (Wildman–Crippen LogP) is 5.36. The van der Waals surface area contributed by atoms with Gasteiger partial charge < -0.3 is 31.1 Å². The number of nitrogens with two attached hydrogens (primary N) is 1. The highest BCUT2D eigenvalue weighted by Gasteiger charge is 2.36. The van der Waals surface area contributed by atoms with E-state index >= 15 is 0 Å². The van der Waals surface area contributed by atoms with Gasteiger partial charge >= 0.3 is 6.09 Å². The van der Waals surface area contributed by atoms with Crippen molar-refractivity contribution < 1.29 is 28.6 Å². The summed E-state index contributed by atoms with van der Waals surface area (Å²) in [4.78, 5) is 41.9. The maximum absolute atomic E-state index is 13.8. The number of benzene rings is 3. The molecular formula is C36H47FN4O5. The molecule has 0 aromatic heterocycles. The Balaban J connectivity index is 1.83. The van der Waals surface area contributed by atoms with Gasteiger partial charge in [0.2, 0.25) is 11.8 Å². The van der Waals surface area contributed by atoms with Crippen molar-refractivity contribution in [3.63, 3.8) is 0 Å². The number of halogens is 1. The summed E-state index contributed by atoms with van der Waals surface area (Å²) in [5, 5.41) is 16.1. The summed E-state index contributed by atoms with van der Waals surface area (Å²) >= 11 is 0. The summed E-state index contributed by atoms with van der Waals surface area (Å²) in [5.74, 6) is -2.53. The Bertz CT molecular complexity index is 1460. The van der Waals surface area contributed by atoms with Crippen molar-refractivity contribution in [1.82, 2.24) is 15.5 Å². The second-order valence-electron chi connectivity index (χ2n) is 12.6. The first-order valence-corrected chi connectivity index (χ1v) is 15.6. The third-order valence-corrected chi connectivity index (χ3v) is 8.12. The van der Waals surface area contributed by atoms with Gasteiger partial charge in [0.05, 0.1) is 11.8 Å². The Hall–Kier alpha value is -4.44. The van der Waals surface area contributed by atoms with E-state index in [0.29, 0.717) is 12.0 Å². The number of phenolic OH excluding ortho intramolecular Hbond substituents is 1. The Morgan fingerprint density at radius 3 is 2.22 bits per heavy atom. The van der Waals surface area contributed by atoms with Crippen molar-refractivity contribution in [2.75, 3.05) is 13.6 Å². The van der Waals surface area contributed by atoms with Crippen LogP contribution in [0, 0.1) is 11.7 Å². The van der Waals surface area contributed by atoms with Gasteiger partial charge in [-0.15, -0.1) is 0 Å². The minimum Gasteiger partial charge on any atom is -0.508 e. The number of carbonyl (C=O) groups excluding carboxylic acids is 3. The lowest BCUT2D eigenvalue weighted by Gasteiger charge is -2.36. The number of aromatic hydroxyl groups is 1. The van der Waals surface area contributed by atoms with Gasteiger partial charge in [0.1, 0.15) is 24.3 Å². The number of alkyl carbamates (subject to hydrolysis) is 1. The first kappa shape index (κ1) is 36.0. The fourth-order valence-corrected chi connectivity index (χ4v) is 5.34. The van der Waals surface area contributed by atoms with Crippen molar-refractivity contribution in [1.29, 1.82) is 0 Å². The van der Waals surface area contributed by atoms with Crippen LogP contribution in [0.25, 0.3) is 0 Å². The van der Waals surface area contributed by atoms with Crippen LogP contribution in [0.2, 0.25) is 0 Å². The molecular weight excluding hydrogens is 587 g/mol. The quantitative estimate of drug-likeness (QED) is 0.187. The lowest BCUT2D eigenvalue weighted by atomic mass is 9.84. The summed E-state index contributed by atoms with van der Waals surface area (Å²) in [7, 11) is 1.52. The lowest BCUT2D eigenvalue weighted by molar-refractivity contribution is -0.138. The highest BCUT2D eigenvalue weighted by Crippen LogP contribution is 2.31. The monoisotopic (exact) mass is 634 g/mol. The van der Waals surface area contributed by atoms with E-state index in [4.69, 9.17) is 10.5 Å². The van der Waals surface area contributed by atoms with E-state index in [1.165, 1.54) is 36.2 Å². The number of likely N-dealkylation sites (N-methyl/N-ethyl adjacent to an activating group) is 1. The van der Waals surface area contributed by atoms with Gasteiger partial charge in [-0.1, -0.05) is 82.3 Å². The largest absolute Gasteiger partial charge is 0.508 e. The average Bonchev–Trinajstić information content (AvgIpc) is 3.03. The molecule has 0 bridgehead atoms. The van der Waals surface area contributed by atoms with Crippen LogP contribution in [-0.4, -0.2) is 53.7 Å². The molecule has 4 unspecified atom stereocenters. The number of phenols is 1. The SMILES string of the molecule is CCC(C(=O)NC(CN)Cc1ccc(O)c(C(C)(C)C)c1)C(NC(=O)OCc1ccccc1)N(C)C(=O)C(C)c1ccc(F)cc1. The number of rotatable bonds is 13. The molecule has 3 rings (SSSR count). The van der Waals surface area contributed by atoms with Crippen molar-refractivity contribution in [2.24, 2.45) is 11.7 Å². The normalized spacial score (nSPS) is 14.0. The van der Waals surface area contributed by atoms with Crippen LogP contribution in [0.5, 0.6) is 5.75 Å². The van der Waals surface area contributed by atoms with Crippen LogP contribution < -0.4 is 16.4 Å². The maximum atomic E-state index is 13.8. The molecule has 0 saturated carbocycles. The molecule has 3 aromatic rings. The van der Waals surface area contributed by atoms with Gasteiger partial charge in [-0.2, -0.15) is 0 Å². The zero-order chi connectivity index (χ0) is 34.0. The minimum atomic E-state index is -1.07. The molecule has 10 heteroatoms. The number of nitrogens with zero attached hydrogens (tertiary/aromatic N) is 1. The number of amides is 3. The van der Waals surface area contributed by atoms with E-state index < -0.39 is 41.9 Å². The van der Waals surface area contributed by atoms with Gasteiger partial charge in [0.25, 0.3) is 0 Å². The fourth-order valence-electron chi connectivity index (χ4n) is 5.34. The van der Waals surface area contributed by atoms with Crippen molar-refractivity contribution >= 4 is 17.9 Å². The molecule has 0 radical (unpaired) electrons. The van der Waals surface area contributed by atoms with Gasteiger partial charge in [0, 0.05) is 19.6 Å². The first-order chi connectivity index (χ1) is 21.7. The van der Waals surface area contributed by atoms with Crippen LogP contribution in [0.4, 0.5) is 9.18 Å². The molecule has 0 spiro atoms. The second-order valence-corrected chi connectivity index (χ2v) is 12.6. The summed E-state index contributed by atoms with van der Waals surface area (Å²) < 4.78 is 19.0. The molecule has 0 saturated heterocycles. The standard InChI is InChI=1S/C36H47FN4O5/c1-7-29(33(43)39-28(21-38)19-25-13-18-31(42)30(20-25)36(3,4)5)32(40-35(45)46-22-24-11-9-8-10-12-24)41(6)34(44)23(2)26-14-16-27(37)17-15-26/h8-18,20,23,28-29,32,42H,7,19,21-22,38H2,1-6H3,(H,39,43)(H,40,45). The van der Waals surface area contributed by atoms with Crippen LogP contribution in [0.15, 0.2) is 72.8 Å². The second kappa shape index (κ2) is 16.2. The summed E-state index contributed by atoms with van der Waals surface area (Å²) in [6.07, 6.45) is -1.16. The zero-order valence-electron chi connectivity index (χ0n) is 27.5. The Morgan fingerprint density at radius 1 is 0.978 bits per heavy atom. The van der Waals surface area contributed by atoms with Crippen molar-refractivity contribution in [3.8, 4) is 5.75 Å². The van der Waals surface area contributed by atoms with E-state index in [-0.39, 0.29) is 36.6 Å². The van der Waals surface area contributed by atoms with Crippen molar-refractivity contribution in [3.05, 3.63) is 101 Å². The third kappa shape index (κ3) is 9.78. The highest BCUT2D eigenvalue weighted by atomic mass is 19.1. The molecule has 5 N–H and O–H groups in total. The molecule has 9 nitrogen and oxygen atoms in total. The lowest BCUT2D eigenvalue weighted by Crippen LogP contribution is -2.58. The van der Waals surface area contributed by atoms with E-state index in [1.54, 1.807) is 26.0 Å². The third-order valence-electron chi connectivity index (χ3n) is 8.12. The fraction of sp³-hybridized carbons (Fsp3) is 0.417. The number of ether oxygens (including phenoxy) is 1. The molecule has 0 aliphatic heterocycles. The molecule has 0 aliphatic rings. The summed E-state index contributed by atoms with van der Waals surface area (Å²) in [6.45, 7) is 9.65. The molecule has 0 heterocycles. The number of nitrogens with one attached hydrogen (secondary N) is 2. The molecule has 248 valence electrons. The minimum absolute atomic E-state index is 0.00442. The molecule has 3 aromatic carbocycles. The van der Waals surface area contributed by atoms with Crippen LogP contribution in [-0.2, 0) is 32.8 Å². The van der Waals surface area contributed by atoms with Gasteiger partial charge in [-0.3, -0.25) is 9.59 Å². The molecule has 4 atom stereocenters. The highest BCUT2D eigenvalue weighted by molar-refractivity contribution is 5.86. The Kier molecular flexibility index (Phi) is 12.7. The van der Waals surface area contributed by atoms with Crippen LogP contribution >= 0.6 is 0 Å². The molecule has 3 amide bonds. The number of carbonyl (C=O) groups is 3. The van der Waals surface area contributed by atoms with E-state index in [0.717, 1.165) is 16.7 Å². The van der Waals surface area contributed by atoms with E-state index in [1.807, 2.05) is 57.2 Å². The van der Waals surface area contributed by atoms with E-state index in [2.05, 4.69) is 10.6 Å². The zero-order valence-corrected chi connectivity index (χ0v) is 27.5. The van der Waals surface area contributed by atoms with E-state index in [9.17, 15) is 23.9 Å². The first-order valence-electron chi connectivity index (χ1n) is 15.6.